The molecular formula is C21H28O. The molecule has 1 nitrogen and oxygen atoms in total. The first kappa shape index (κ1) is 16.7. The number of carbonyl (C=O) groups is 1. The third kappa shape index (κ3) is 4.69. The number of fused-ring (bicyclic) bond motifs is 1. The largest absolute Gasteiger partial charge is 0.298 e. The van der Waals surface area contributed by atoms with Crippen molar-refractivity contribution in [2.24, 2.45) is 0 Å². The average Bonchev–Trinajstić information content (AvgIpc) is 2.56. The number of aldehydes is 1. The Kier molecular flexibility index (Phi) is 7.15. The summed E-state index contributed by atoms with van der Waals surface area (Å²) in [7, 11) is 0. The van der Waals surface area contributed by atoms with Gasteiger partial charge in [0.15, 0.2) is 6.29 Å². The van der Waals surface area contributed by atoms with Crippen LogP contribution in [-0.4, -0.2) is 6.29 Å². The molecule has 2 rings (SSSR count). The first-order chi connectivity index (χ1) is 10.9. The van der Waals surface area contributed by atoms with Crippen molar-refractivity contribution in [3.63, 3.8) is 0 Å². The van der Waals surface area contributed by atoms with Crippen molar-refractivity contribution >= 4 is 17.1 Å². The van der Waals surface area contributed by atoms with Crippen LogP contribution in [0.3, 0.4) is 0 Å². The number of carbonyl (C=O) groups excluding carboxylic acids is 1. The Morgan fingerprint density at radius 1 is 0.818 bits per heavy atom. The van der Waals surface area contributed by atoms with Crippen molar-refractivity contribution in [3.05, 3.63) is 47.5 Å². The molecule has 0 aliphatic rings. The molecule has 2 aromatic carbocycles. The van der Waals surface area contributed by atoms with Crippen LogP contribution >= 0.6 is 0 Å². The van der Waals surface area contributed by atoms with Gasteiger partial charge in [0.1, 0.15) is 0 Å². The van der Waals surface area contributed by atoms with Crippen LogP contribution in [0.5, 0.6) is 0 Å². The predicted octanol–water partition coefficient (Wildman–Crippen LogP) is 6.34. The standard InChI is InChI=1S/C21H28O/c1-2-3-4-5-6-7-8-9-12-19-16-15-18-13-10-11-14-20(18)21(19)17-22/h10-11,13-17H,2-9,12H2,1H3. The van der Waals surface area contributed by atoms with Crippen molar-refractivity contribution < 1.29 is 4.79 Å². The first-order valence-electron chi connectivity index (χ1n) is 8.82. The molecule has 0 aromatic heterocycles. The summed E-state index contributed by atoms with van der Waals surface area (Å²) in [6.07, 6.45) is 12.7. The lowest BCUT2D eigenvalue weighted by Gasteiger charge is -2.08. The van der Waals surface area contributed by atoms with E-state index in [2.05, 4.69) is 31.2 Å². The minimum absolute atomic E-state index is 0.890. The molecule has 0 bridgehead atoms. The summed E-state index contributed by atoms with van der Waals surface area (Å²) in [5, 5.41) is 2.25. The van der Waals surface area contributed by atoms with E-state index in [4.69, 9.17) is 0 Å². The van der Waals surface area contributed by atoms with Crippen LogP contribution in [0.2, 0.25) is 0 Å². The molecule has 22 heavy (non-hydrogen) atoms. The van der Waals surface area contributed by atoms with E-state index in [9.17, 15) is 4.79 Å². The van der Waals surface area contributed by atoms with Gasteiger partial charge in [-0.15, -0.1) is 0 Å². The third-order valence-corrected chi connectivity index (χ3v) is 4.48. The molecule has 0 N–H and O–H groups in total. The summed E-state index contributed by atoms with van der Waals surface area (Å²) < 4.78 is 0. The summed E-state index contributed by atoms with van der Waals surface area (Å²) in [6, 6.07) is 12.4. The van der Waals surface area contributed by atoms with Crippen LogP contribution in [0, 0.1) is 0 Å². The smallest absolute Gasteiger partial charge is 0.150 e. The van der Waals surface area contributed by atoms with Gasteiger partial charge in [-0.25, -0.2) is 0 Å². The Morgan fingerprint density at radius 3 is 2.23 bits per heavy atom. The fourth-order valence-electron chi connectivity index (χ4n) is 3.15. The number of unbranched alkanes of at least 4 members (excludes halogenated alkanes) is 7. The number of aryl methyl sites for hydroxylation is 1. The summed E-state index contributed by atoms with van der Waals surface area (Å²) >= 11 is 0. The average molecular weight is 296 g/mol. The molecule has 0 saturated carbocycles. The molecule has 0 amide bonds. The van der Waals surface area contributed by atoms with Crippen molar-refractivity contribution in [2.45, 2.75) is 64.7 Å². The van der Waals surface area contributed by atoms with Crippen molar-refractivity contribution in [1.82, 2.24) is 0 Å². The summed E-state index contributed by atoms with van der Waals surface area (Å²) in [4.78, 5) is 11.5. The highest BCUT2D eigenvalue weighted by molar-refractivity contribution is 5.99. The van der Waals surface area contributed by atoms with E-state index < -0.39 is 0 Å². The van der Waals surface area contributed by atoms with E-state index in [-0.39, 0.29) is 0 Å². The molecule has 0 aliphatic carbocycles. The molecule has 118 valence electrons. The minimum atomic E-state index is 0.890. The van der Waals surface area contributed by atoms with Crippen LogP contribution in [0.4, 0.5) is 0 Å². The molecule has 0 heterocycles. The fraction of sp³-hybridized carbons (Fsp3) is 0.476. The second-order valence-corrected chi connectivity index (χ2v) is 6.20. The van der Waals surface area contributed by atoms with E-state index in [1.165, 1.54) is 56.9 Å². The number of hydrogen-bond acceptors (Lipinski definition) is 1. The Labute approximate surface area is 134 Å². The Bertz CT molecular complexity index is 585. The highest BCUT2D eigenvalue weighted by atomic mass is 16.1. The molecule has 0 atom stereocenters. The molecule has 0 saturated heterocycles. The van der Waals surface area contributed by atoms with Gasteiger partial charge in [-0.1, -0.05) is 88.3 Å². The van der Waals surface area contributed by atoms with E-state index >= 15 is 0 Å². The van der Waals surface area contributed by atoms with Gasteiger partial charge in [0.2, 0.25) is 0 Å². The van der Waals surface area contributed by atoms with Crippen molar-refractivity contribution in [3.8, 4) is 0 Å². The predicted molar refractivity (Wildman–Crippen MR) is 95.6 cm³/mol. The Balaban J connectivity index is 1.83. The highest BCUT2D eigenvalue weighted by Crippen LogP contribution is 2.22. The maximum absolute atomic E-state index is 11.5. The third-order valence-electron chi connectivity index (χ3n) is 4.48. The molecule has 0 aliphatic heterocycles. The number of hydrogen-bond donors (Lipinski definition) is 0. The summed E-state index contributed by atoms with van der Waals surface area (Å²) in [5.41, 5.74) is 2.10. The molecule has 0 fully saturated rings. The SMILES string of the molecule is CCCCCCCCCCc1ccc2ccccc2c1C=O. The second-order valence-electron chi connectivity index (χ2n) is 6.20. The molecule has 0 unspecified atom stereocenters. The zero-order valence-corrected chi connectivity index (χ0v) is 13.8. The maximum atomic E-state index is 11.5. The van der Waals surface area contributed by atoms with Crippen molar-refractivity contribution in [1.29, 1.82) is 0 Å². The van der Waals surface area contributed by atoms with Crippen LogP contribution in [0.15, 0.2) is 36.4 Å². The second kappa shape index (κ2) is 9.40. The van der Waals surface area contributed by atoms with Gasteiger partial charge in [0.05, 0.1) is 0 Å². The topological polar surface area (TPSA) is 17.1 Å². The van der Waals surface area contributed by atoms with Gasteiger partial charge in [0, 0.05) is 5.56 Å². The normalized spacial score (nSPS) is 11.0. The van der Waals surface area contributed by atoms with Crippen LogP contribution < -0.4 is 0 Å². The Morgan fingerprint density at radius 2 is 1.50 bits per heavy atom. The zero-order valence-electron chi connectivity index (χ0n) is 13.8. The lowest BCUT2D eigenvalue weighted by Crippen LogP contribution is -1.95. The molecule has 2 aromatic rings. The molecule has 1 heteroatoms. The zero-order chi connectivity index (χ0) is 15.6. The number of rotatable bonds is 10. The Hall–Kier alpha value is -1.63. The molecule has 0 spiro atoms. The van der Waals surface area contributed by atoms with E-state index in [1.54, 1.807) is 0 Å². The lowest BCUT2D eigenvalue weighted by molar-refractivity contribution is 0.112. The first-order valence-corrected chi connectivity index (χ1v) is 8.82. The van der Waals surface area contributed by atoms with Crippen LogP contribution in [-0.2, 0) is 6.42 Å². The van der Waals surface area contributed by atoms with Gasteiger partial charge in [-0.3, -0.25) is 4.79 Å². The van der Waals surface area contributed by atoms with Gasteiger partial charge in [0.25, 0.3) is 0 Å². The fourth-order valence-corrected chi connectivity index (χ4v) is 3.15. The maximum Gasteiger partial charge on any atom is 0.150 e. The summed E-state index contributed by atoms with van der Waals surface area (Å²) in [6.45, 7) is 2.26. The summed E-state index contributed by atoms with van der Waals surface area (Å²) in [5.74, 6) is 0. The number of benzene rings is 2. The van der Waals surface area contributed by atoms with Gasteiger partial charge in [-0.2, -0.15) is 0 Å². The van der Waals surface area contributed by atoms with E-state index in [0.717, 1.165) is 29.0 Å². The highest BCUT2D eigenvalue weighted by Gasteiger charge is 2.06. The molecule has 0 radical (unpaired) electrons. The van der Waals surface area contributed by atoms with Crippen LogP contribution in [0.25, 0.3) is 10.8 Å². The van der Waals surface area contributed by atoms with E-state index in [0.29, 0.717) is 0 Å². The van der Waals surface area contributed by atoms with Gasteiger partial charge in [-0.05, 0) is 29.2 Å². The van der Waals surface area contributed by atoms with E-state index in [1.807, 2.05) is 12.1 Å². The monoisotopic (exact) mass is 296 g/mol. The lowest BCUT2D eigenvalue weighted by atomic mass is 9.96. The van der Waals surface area contributed by atoms with Gasteiger partial charge >= 0.3 is 0 Å². The molecular weight excluding hydrogens is 268 g/mol. The quantitative estimate of drug-likeness (QED) is 0.369. The van der Waals surface area contributed by atoms with Gasteiger partial charge < -0.3 is 0 Å². The van der Waals surface area contributed by atoms with Crippen LogP contribution in [0.1, 0.15) is 74.2 Å². The minimum Gasteiger partial charge on any atom is -0.298 e. The van der Waals surface area contributed by atoms with Crippen molar-refractivity contribution in [2.75, 3.05) is 0 Å².